The summed E-state index contributed by atoms with van der Waals surface area (Å²) in [6, 6.07) is 12.3. The Bertz CT molecular complexity index is 795. The zero-order valence-corrected chi connectivity index (χ0v) is 12.9. The molecule has 2 aromatic carbocycles. The molecule has 1 N–H and O–H groups in total. The molecule has 1 amide bonds. The second-order valence-electron chi connectivity index (χ2n) is 5.08. The number of fused-ring (bicyclic) bond motifs is 1. The van der Waals surface area contributed by atoms with E-state index in [1.165, 1.54) is 12.1 Å². The lowest BCUT2D eigenvalue weighted by atomic mass is 10.2. The molecule has 0 aliphatic rings. The molecule has 0 atom stereocenters. The molecule has 0 aliphatic carbocycles. The van der Waals surface area contributed by atoms with Gasteiger partial charge in [0.05, 0.1) is 15.2 Å². The van der Waals surface area contributed by atoms with Crippen molar-refractivity contribution < 1.29 is 9.18 Å². The van der Waals surface area contributed by atoms with Crippen molar-refractivity contribution in [2.24, 2.45) is 0 Å². The molecule has 3 aromatic rings. The summed E-state index contributed by atoms with van der Waals surface area (Å²) in [5.41, 5.74) is 2.33. The van der Waals surface area contributed by atoms with E-state index in [0.29, 0.717) is 18.5 Å². The van der Waals surface area contributed by atoms with Crippen LogP contribution in [0.25, 0.3) is 10.2 Å². The van der Waals surface area contributed by atoms with Crippen LogP contribution in [0.3, 0.4) is 0 Å². The van der Waals surface area contributed by atoms with E-state index in [-0.39, 0.29) is 11.7 Å². The minimum absolute atomic E-state index is 0.132. The first-order chi connectivity index (χ1) is 10.6. The lowest BCUT2D eigenvalue weighted by molar-refractivity contribution is -0.116. The maximum atomic E-state index is 13.2. The van der Waals surface area contributed by atoms with E-state index >= 15 is 0 Å². The summed E-state index contributed by atoms with van der Waals surface area (Å²) in [4.78, 5) is 16.5. The maximum Gasteiger partial charge on any atom is 0.224 e. The molecular formula is C17H15FN2OS. The number of nitrogens with zero attached hydrogens (tertiary/aromatic N) is 1. The van der Waals surface area contributed by atoms with Gasteiger partial charge < -0.3 is 5.32 Å². The standard InChI is InChI=1S/C17H15FN2OS/c1-11-6-7-12(18)10-14(11)19-16(21)8-9-17-20-13-4-2-3-5-15(13)22-17/h2-7,10H,8-9H2,1H3,(H,19,21). The molecule has 5 heteroatoms. The summed E-state index contributed by atoms with van der Waals surface area (Å²) in [5.74, 6) is -0.486. The fraction of sp³-hybridized carbons (Fsp3) is 0.176. The third-order valence-electron chi connectivity index (χ3n) is 3.38. The number of carbonyl (C=O) groups excluding carboxylic acids is 1. The number of carbonyl (C=O) groups is 1. The monoisotopic (exact) mass is 314 g/mol. The predicted octanol–water partition coefficient (Wildman–Crippen LogP) is 4.32. The molecule has 0 unspecified atom stereocenters. The van der Waals surface area contributed by atoms with Crippen molar-refractivity contribution >= 4 is 33.1 Å². The molecule has 0 saturated carbocycles. The first kappa shape index (κ1) is 14.7. The first-order valence-electron chi connectivity index (χ1n) is 7.02. The number of nitrogens with one attached hydrogen (secondary N) is 1. The van der Waals surface area contributed by atoms with Crippen molar-refractivity contribution in [3.8, 4) is 0 Å². The highest BCUT2D eigenvalue weighted by molar-refractivity contribution is 7.18. The summed E-state index contributed by atoms with van der Waals surface area (Å²) in [5, 5.41) is 3.69. The number of thiazole rings is 1. The number of aryl methyl sites for hydroxylation is 2. The van der Waals surface area contributed by atoms with Crippen LogP contribution < -0.4 is 5.32 Å². The summed E-state index contributed by atoms with van der Waals surface area (Å²) in [7, 11) is 0. The lowest BCUT2D eigenvalue weighted by Gasteiger charge is -2.07. The molecule has 1 aromatic heterocycles. The summed E-state index contributed by atoms with van der Waals surface area (Å²) in [6.07, 6.45) is 0.912. The van der Waals surface area contributed by atoms with Gasteiger partial charge in [0.1, 0.15) is 5.82 Å². The Morgan fingerprint density at radius 1 is 1.27 bits per heavy atom. The van der Waals surface area contributed by atoms with E-state index < -0.39 is 0 Å². The minimum Gasteiger partial charge on any atom is -0.326 e. The smallest absolute Gasteiger partial charge is 0.224 e. The number of hydrogen-bond acceptors (Lipinski definition) is 3. The van der Waals surface area contributed by atoms with Crippen LogP contribution in [0.4, 0.5) is 10.1 Å². The number of para-hydroxylation sites is 1. The third-order valence-corrected chi connectivity index (χ3v) is 4.47. The number of halogens is 1. The number of anilines is 1. The van der Waals surface area contributed by atoms with Gasteiger partial charge in [-0.2, -0.15) is 0 Å². The van der Waals surface area contributed by atoms with Gasteiger partial charge in [0, 0.05) is 18.5 Å². The van der Waals surface area contributed by atoms with Gasteiger partial charge in [-0.25, -0.2) is 9.37 Å². The van der Waals surface area contributed by atoms with Crippen LogP contribution in [0, 0.1) is 12.7 Å². The molecule has 0 radical (unpaired) electrons. The van der Waals surface area contributed by atoms with Gasteiger partial charge in [-0.1, -0.05) is 18.2 Å². The first-order valence-corrected chi connectivity index (χ1v) is 7.84. The van der Waals surface area contributed by atoms with Crippen molar-refractivity contribution in [2.45, 2.75) is 19.8 Å². The Balaban J connectivity index is 1.63. The Morgan fingerprint density at radius 3 is 2.91 bits per heavy atom. The van der Waals surface area contributed by atoms with Crippen molar-refractivity contribution in [2.75, 3.05) is 5.32 Å². The molecule has 0 bridgehead atoms. The summed E-state index contributed by atoms with van der Waals surface area (Å²) < 4.78 is 14.3. The minimum atomic E-state index is -0.355. The average molecular weight is 314 g/mol. The summed E-state index contributed by atoms with van der Waals surface area (Å²) in [6.45, 7) is 1.84. The molecule has 1 heterocycles. The molecule has 3 nitrogen and oxygen atoms in total. The summed E-state index contributed by atoms with van der Waals surface area (Å²) >= 11 is 1.60. The Kier molecular flexibility index (Phi) is 4.15. The van der Waals surface area contributed by atoms with Crippen LogP contribution in [-0.2, 0) is 11.2 Å². The normalized spacial score (nSPS) is 10.8. The second kappa shape index (κ2) is 6.23. The molecule has 22 heavy (non-hydrogen) atoms. The van der Waals surface area contributed by atoms with Crippen molar-refractivity contribution in [3.63, 3.8) is 0 Å². The highest BCUT2D eigenvalue weighted by atomic mass is 32.1. The maximum absolute atomic E-state index is 13.2. The number of aromatic nitrogens is 1. The van der Waals surface area contributed by atoms with Gasteiger partial charge in [0.15, 0.2) is 0 Å². The van der Waals surface area contributed by atoms with Crippen LogP contribution in [0.5, 0.6) is 0 Å². The molecule has 0 aliphatic heterocycles. The van der Waals surface area contributed by atoms with E-state index in [1.807, 2.05) is 31.2 Å². The van der Waals surface area contributed by atoms with Crippen LogP contribution in [0.15, 0.2) is 42.5 Å². The van der Waals surface area contributed by atoms with E-state index in [2.05, 4.69) is 10.3 Å². The van der Waals surface area contributed by atoms with Crippen LogP contribution >= 0.6 is 11.3 Å². The average Bonchev–Trinajstić information content (AvgIpc) is 2.92. The highest BCUT2D eigenvalue weighted by Crippen LogP contribution is 2.23. The van der Waals surface area contributed by atoms with E-state index in [9.17, 15) is 9.18 Å². The lowest BCUT2D eigenvalue weighted by Crippen LogP contribution is -2.13. The molecule has 112 valence electrons. The molecular weight excluding hydrogens is 299 g/mol. The Labute approximate surface area is 131 Å². The number of hydrogen-bond donors (Lipinski definition) is 1. The second-order valence-corrected chi connectivity index (χ2v) is 6.20. The number of amides is 1. The quantitative estimate of drug-likeness (QED) is 0.779. The van der Waals surface area contributed by atoms with Crippen LogP contribution in [0.1, 0.15) is 17.0 Å². The number of benzene rings is 2. The van der Waals surface area contributed by atoms with Crippen LogP contribution in [-0.4, -0.2) is 10.9 Å². The molecule has 0 spiro atoms. The zero-order chi connectivity index (χ0) is 15.5. The fourth-order valence-electron chi connectivity index (χ4n) is 2.19. The largest absolute Gasteiger partial charge is 0.326 e. The van der Waals surface area contributed by atoms with E-state index in [0.717, 1.165) is 20.8 Å². The van der Waals surface area contributed by atoms with Gasteiger partial charge in [0.25, 0.3) is 0 Å². The van der Waals surface area contributed by atoms with Gasteiger partial charge in [0.2, 0.25) is 5.91 Å². The number of rotatable bonds is 4. The highest BCUT2D eigenvalue weighted by Gasteiger charge is 2.09. The SMILES string of the molecule is Cc1ccc(F)cc1NC(=O)CCc1nc2ccccc2s1. The van der Waals surface area contributed by atoms with Crippen molar-refractivity contribution in [3.05, 3.63) is 58.9 Å². The molecule has 3 rings (SSSR count). The van der Waals surface area contributed by atoms with Crippen LogP contribution in [0.2, 0.25) is 0 Å². The zero-order valence-electron chi connectivity index (χ0n) is 12.1. The Morgan fingerprint density at radius 2 is 2.09 bits per heavy atom. The van der Waals surface area contributed by atoms with E-state index in [1.54, 1.807) is 17.4 Å². The molecule has 0 fully saturated rings. The van der Waals surface area contributed by atoms with Gasteiger partial charge in [-0.05, 0) is 36.8 Å². The van der Waals surface area contributed by atoms with Gasteiger partial charge in [-0.15, -0.1) is 11.3 Å². The fourth-order valence-corrected chi connectivity index (χ4v) is 3.16. The van der Waals surface area contributed by atoms with Crippen molar-refractivity contribution in [1.82, 2.24) is 4.98 Å². The van der Waals surface area contributed by atoms with E-state index in [4.69, 9.17) is 0 Å². The Hall–Kier alpha value is -2.27. The van der Waals surface area contributed by atoms with Gasteiger partial charge >= 0.3 is 0 Å². The molecule has 0 saturated heterocycles. The third kappa shape index (κ3) is 3.31. The predicted molar refractivity (Wildman–Crippen MR) is 87.7 cm³/mol. The topological polar surface area (TPSA) is 42.0 Å². The van der Waals surface area contributed by atoms with Gasteiger partial charge in [-0.3, -0.25) is 4.79 Å². The van der Waals surface area contributed by atoms with Crippen molar-refractivity contribution in [1.29, 1.82) is 0 Å².